The van der Waals surface area contributed by atoms with Gasteiger partial charge in [0.15, 0.2) is 0 Å². The van der Waals surface area contributed by atoms with Gasteiger partial charge in [0.2, 0.25) is 6.41 Å². The van der Waals surface area contributed by atoms with Crippen molar-refractivity contribution in [2.24, 2.45) is 0 Å². The van der Waals surface area contributed by atoms with Crippen LogP contribution in [0.1, 0.15) is 25.7 Å². The van der Waals surface area contributed by atoms with Gasteiger partial charge in [0.1, 0.15) is 12.1 Å². The summed E-state index contributed by atoms with van der Waals surface area (Å²) in [5.41, 5.74) is 2.01. The van der Waals surface area contributed by atoms with Crippen molar-refractivity contribution < 1.29 is 14.3 Å². The number of rotatable bonds is 5. The van der Waals surface area contributed by atoms with Gasteiger partial charge in [0.05, 0.1) is 30.2 Å². The molecule has 26 heavy (non-hydrogen) atoms. The van der Waals surface area contributed by atoms with Gasteiger partial charge in [-0.3, -0.25) is 4.79 Å². The summed E-state index contributed by atoms with van der Waals surface area (Å²) in [4.78, 5) is 21.5. The van der Waals surface area contributed by atoms with E-state index >= 15 is 0 Å². The van der Waals surface area contributed by atoms with E-state index in [1.54, 1.807) is 6.33 Å². The van der Waals surface area contributed by atoms with Gasteiger partial charge in [0, 0.05) is 37.1 Å². The van der Waals surface area contributed by atoms with Gasteiger partial charge in [-0.05, 0) is 31.7 Å². The second-order valence-corrected chi connectivity index (χ2v) is 6.87. The Hall–Kier alpha value is -2.41. The SMILES string of the molecule is O=CNC1CCC(Oc2cc(N3CCOCC3)cc3ncncc23)CC1. The monoisotopic (exact) mass is 356 g/mol. The largest absolute Gasteiger partial charge is 0.490 e. The Balaban J connectivity index is 1.56. The van der Waals surface area contributed by atoms with Crippen LogP contribution in [0, 0.1) is 0 Å². The van der Waals surface area contributed by atoms with Crippen LogP contribution in [0.3, 0.4) is 0 Å². The summed E-state index contributed by atoms with van der Waals surface area (Å²) < 4.78 is 11.8. The van der Waals surface area contributed by atoms with E-state index in [-0.39, 0.29) is 12.1 Å². The van der Waals surface area contributed by atoms with Crippen molar-refractivity contribution >= 4 is 23.0 Å². The van der Waals surface area contributed by atoms with E-state index in [9.17, 15) is 4.79 Å². The topological polar surface area (TPSA) is 76.6 Å². The van der Waals surface area contributed by atoms with Crippen molar-refractivity contribution in [3.05, 3.63) is 24.7 Å². The van der Waals surface area contributed by atoms with Gasteiger partial charge < -0.3 is 19.7 Å². The minimum absolute atomic E-state index is 0.156. The number of hydrogen-bond acceptors (Lipinski definition) is 6. The second-order valence-electron chi connectivity index (χ2n) is 6.87. The third-order valence-electron chi connectivity index (χ3n) is 5.22. The predicted molar refractivity (Wildman–Crippen MR) is 98.4 cm³/mol. The first-order chi connectivity index (χ1) is 12.8. The first kappa shape index (κ1) is 17.0. The van der Waals surface area contributed by atoms with Gasteiger partial charge >= 0.3 is 0 Å². The summed E-state index contributed by atoms with van der Waals surface area (Å²) in [7, 11) is 0. The molecule has 2 heterocycles. The first-order valence-corrected chi connectivity index (χ1v) is 9.26. The standard InChI is InChI=1S/C19H24N4O3/c24-13-22-14-1-3-16(4-2-14)26-19-10-15(23-5-7-25-8-6-23)9-18-17(19)11-20-12-21-18/h9-14,16H,1-8H2,(H,22,24). The van der Waals surface area contributed by atoms with Crippen LogP contribution in [0.2, 0.25) is 0 Å². The van der Waals surface area contributed by atoms with Crippen molar-refractivity contribution in [3.8, 4) is 5.75 Å². The molecule has 1 aliphatic carbocycles. The van der Waals surface area contributed by atoms with Gasteiger partial charge in [-0.1, -0.05) is 0 Å². The van der Waals surface area contributed by atoms with Crippen molar-refractivity contribution in [2.45, 2.75) is 37.8 Å². The van der Waals surface area contributed by atoms with Crippen LogP contribution in [0.4, 0.5) is 5.69 Å². The van der Waals surface area contributed by atoms with Crippen molar-refractivity contribution in [3.63, 3.8) is 0 Å². The van der Waals surface area contributed by atoms with E-state index in [0.29, 0.717) is 0 Å². The number of ether oxygens (including phenoxy) is 2. The molecular weight excluding hydrogens is 332 g/mol. The number of nitrogens with zero attached hydrogens (tertiary/aromatic N) is 3. The highest BCUT2D eigenvalue weighted by Gasteiger charge is 2.23. The zero-order chi connectivity index (χ0) is 17.8. The smallest absolute Gasteiger partial charge is 0.207 e. The molecule has 1 saturated carbocycles. The molecule has 2 fully saturated rings. The number of carbonyl (C=O) groups is 1. The highest BCUT2D eigenvalue weighted by molar-refractivity contribution is 5.88. The molecule has 0 spiro atoms. The molecule has 4 rings (SSSR count). The van der Waals surface area contributed by atoms with E-state index in [4.69, 9.17) is 9.47 Å². The van der Waals surface area contributed by atoms with E-state index in [0.717, 1.165) is 80.7 Å². The molecular formula is C19H24N4O3. The first-order valence-electron chi connectivity index (χ1n) is 9.26. The third kappa shape index (κ3) is 3.72. The van der Waals surface area contributed by atoms with Gasteiger partial charge in [0.25, 0.3) is 0 Å². The number of carbonyl (C=O) groups excluding carboxylic acids is 1. The molecule has 1 aromatic heterocycles. The van der Waals surface area contributed by atoms with Crippen molar-refractivity contribution in [1.29, 1.82) is 0 Å². The summed E-state index contributed by atoms with van der Waals surface area (Å²) in [5, 5.41) is 3.82. The van der Waals surface area contributed by atoms with Crippen LogP contribution in [0.25, 0.3) is 10.9 Å². The summed E-state index contributed by atoms with van der Waals surface area (Å²) in [6, 6.07) is 4.47. The summed E-state index contributed by atoms with van der Waals surface area (Å²) in [6.07, 6.45) is 8.10. The minimum atomic E-state index is 0.156. The fourth-order valence-electron chi connectivity index (χ4n) is 3.76. The quantitative estimate of drug-likeness (QED) is 0.825. The number of aromatic nitrogens is 2. The zero-order valence-corrected chi connectivity index (χ0v) is 14.8. The fourth-order valence-corrected chi connectivity index (χ4v) is 3.76. The Bertz CT molecular complexity index is 756. The van der Waals surface area contributed by atoms with E-state index in [1.807, 2.05) is 6.20 Å². The Morgan fingerprint density at radius 2 is 2.00 bits per heavy atom. The van der Waals surface area contributed by atoms with E-state index in [1.165, 1.54) is 0 Å². The number of anilines is 1. The zero-order valence-electron chi connectivity index (χ0n) is 14.8. The lowest BCUT2D eigenvalue weighted by Gasteiger charge is -2.31. The molecule has 138 valence electrons. The number of hydrogen-bond donors (Lipinski definition) is 1. The Labute approximate surface area is 152 Å². The molecule has 2 aliphatic rings. The predicted octanol–water partition coefficient (Wildman–Crippen LogP) is 1.90. The average molecular weight is 356 g/mol. The van der Waals surface area contributed by atoms with Crippen LogP contribution in [-0.4, -0.2) is 54.8 Å². The number of amides is 1. The lowest BCUT2D eigenvalue weighted by molar-refractivity contribution is -0.110. The molecule has 1 saturated heterocycles. The third-order valence-corrected chi connectivity index (χ3v) is 5.22. The lowest BCUT2D eigenvalue weighted by Crippen LogP contribution is -2.36. The molecule has 1 aromatic carbocycles. The van der Waals surface area contributed by atoms with E-state index < -0.39 is 0 Å². The number of morpholine rings is 1. The van der Waals surface area contributed by atoms with Crippen LogP contribution in [-0.2, 0) is 9.53 Å². The highest BCUT2D eigenvalue weighted by Crippen LogP contribution is 2.33. The Morgan fingerprint density at radius 1 is 1.19 bits per heavy atom. The average Bonchev–Trinajstić information content (AvgIpc) is 2.70. The van der Waals surface area contributed by atoms with Crippen LogP contribution in [0.15, 0.2) is 24.7 Å². The molecule has 0 atom stereocenters. The van der Waals surface area contributed by atoms with Gasteiger partial charge in [-0.2, -0.15) is 0 Å². The number of fused-ring (bicyclic) bond motifs is 1. The molecule has 0 unspecified atom stereocenters. The van der Waals surface area contributed by atoms with Crippen LogP contribution >= 0.6 is 0 Å². The summed E-state index contributed by atoms with van der Waals surface area (Å²) >= 11 is 0. The summed E-state index contributed by atoms with van der Waals surface area (Å²) in [6.45, 7) is 3.23. The number of nitrogens with one attached hydrogen (secondary N) is 1. The number of benzene rings is 1. The maximum atomic E-state index is 10.6. The molecule has 7 heteroatoms. The fraction of sp³-hybridized carbons (Fsp3) is 0.526. The molecule has 0 radical (unpaired) electrons. The van der Waals surface area contributed by atoms with E-state index in [2.05, 4.69) is 32.3 Å². The molecule has 1 amide bonds. The maximum Gasteiger partial charge on any atom is 0.207 e. The van der Waals surface area contributed by atoms with Gasteiger partial charge in [-0.15, -0.1) is 0 Å². The van der Waals surface area contributed by atoms with Crippen molar-refractivity contribution in [1.82, 2.24) is 15.3 Å². The lowest BCUT2D eigenvalue weighted by atomic mass is 9.93. The van der Waals surface area contributed by atoms with Crippen LogP contribution in [0.5, 0.6) is 5.75 Å². The van der Waals surface area contributed by atoms with Crippen LogP contribution < -0.4 is 15.0 Å². The molecule has 1 aliphatic heterocycles. The maximum absolute atomic E-state index is 10.6. The molecule has 1 N–H and O–H groups in total. The minimum Gasteiger partial charge on any atom is -0.490 e. The summed E-state index contributed by atoms with van der Waals surface area (Å²) in [5.74, 6) is 0.844. The molecule has 2 aromatic rings. The second kappa shape index (κ2) is 7.86. The van der Waals surface area contributed by atoms with Crippen molar-refractivity contribution in [2.75, 3.05) is 31.2 Å². The Kier molecular flexibility index (Phi) is 5.15. The van der Waals surface area contributed by atoms with Gasteiger partial charge in [-0.25, -0.2) is 9.97 Å². The molecule has 7 nitrogen and oxygen atoms in total. The molecule has 0 bridgehead atoms. The Morgan fingerprint density at radius 3 is 2.77 bits per heavy atom. The highest BCUT2D eigenvalue weighted by atomic mass is 16.5. The normalized spacial score (nSPS) is 23.6.